The average Bonchev–Trinajstić information content (AvgIpc) is 2.62. The van der Waals surface area contributed by atoms with Crippen LogP contribution in [0.4, 0.5) is 17.1 Å². The molecule has 3 rings (SSSR count). The molecule has 0 saturated carbocycles. The van der Waals surface area contributed by atoms with Gasteiger partial charge in [-0.25, -0.2) is 0 Å². The highest BCUT2D eigenvalue weighted by atomic mass is 16.5. The lowest BCUT2D eigenvalue weighted by molar-refractivity contribution is -0.114. The molecule has 1 saturated heterocycles. The van der Waals surface area contributed by atoms with Gasteiger partial charge in [0.25, 0.3) is 0 Å². The van der Waals surface area contributed by atoms with Gasteiger partial charge in [-0.05, 0) is 50.2 Å². The van der Waals surface area contributed by atoms with Crippen molar-refractivity contribution in [3.05, 3.63) is 54.6 Å². The number of carbonyl (C=O) groups excluding carboxylic acids is 1. The quantitative estimate of drug-likeness (QED) is 0.895. The van der Waals surface area contributed by atoms with Crippen LogP contribution in [0.25, 0.3) is 0 Å². The third-order valence-corrected chi connectivity index (χ3v) is 4.51. The van der Waals surface area contributed by atoms with E-state index in [4.69, 9.17) is 4.74 Å². The van der Waals surface area contributed by atoms with Crippen LogP contribution >= 0.6 is 0 Å². The molecule has 2 aromatic rings. The number of ether oxygens (including phenoxy) is 1. The van der Waals surface area contributed by atoms with Crippen molar-refractivity contribution < 1.29 is 9.53 Å². The number of hydrogen-bond acceptors (Lipinski definition) is 4. The van der Waals surface area contributed by atoms with E-state index in [1.165, 1.54) is 0 Å². The molecule has 0 spiro atoms. The maximum Gasteiger partial charge on any atom is 0.243 e. The molecule has 0 aliphatic carbocycles. The summed E-state index contributed by atoms with van der Waals surface area (Å²) in [5.74, 6) is -0.0299. The fourth-order valence-electron chi connectivity index (χ4n) is 3.33. The van der Waals surface area contributed by atoms with Crippen molar-refractivity contribution in [2.24, 2.45) is 0 Å². The molecule has 2 unspecified atom stereocenters. The van der Waals surface area contributed by atoms with E-state index in [2.05, 4.69) is 36.2 Å². The first-order valence-corrected chi connectivity index (χ1v) is 9.08. The van der Waals surface area contributed by atoms with Crippen LogP contribution < -0.4 is 15.1 Å². The Morgan fingerprint density at radius 3 is 2.31 bits per heavy atom. The maximum atomic E-state index is 12.3. The minimum Gasteiger partial charge on any atom is -0.372 e. The molecule has 0 bridgehead atoms. The number of morpholine rings is 1. The number of anilines is 3. The molecule has 1 fully saturated rings. The Labute approximate surface area is 155 Å². The molecule has 1 N–H and O–H groups in total. The van der Waals surface area contributed by atoms with Gasteiger partial charge in [-0.3, -0.25) is 4.79 Å². The minimum absolute atomic E-state index is 0.0299. The summed E-state index contributed by atoms with van der Waals surface area (Å²) >= 11 is 0. The predicted octanol–water partition coefficient (Wildman–Crippen LogP) is 3.38. The lowest BCUT2D eigenvalue weighted by Crippen LogP contribution is -2.45. The zero-order valence-corrected chi connectivity index (χ0v) is 15.7. The van der Waals surface area contributed by atoms with Gasteiger partial charge < -0.3 is 19.9 Å². The van der Waals surface area contributed by atoms with E-state index in [9.17, 15) is 4.79 Å². The second-order valence-corrected chi connectivity index (χ2v) is 6.95. The third kappa shape index (κ3) is 4.76. The van der Waals surface area contributed by atoms with Crippen molar-refractivity contribution in [2.45, 2.75) is 26.1 Å². The molecule has 0 aromatic heterocycles. The molecule has 1 amide bonds. The molecule has 1 heterocycles. The SMILES string of the molecule is CC1CN(c2ccc(NC(=O)CN(C)c3ccccc3)cc2)CC(C)O1. The first-order valence-electron chi connectivity index (χ1n) is 9.08. The van der Waals surface area contributed by atoms with Gasteiger partial charge in [-0.1, -0.05) is 18.2 Å². The Hall–Kier alpha value is -2.53. The van der Waals surface area contributed by atoms with Crippen molar-refractivity contribution in [3.63, 3.8) is 0 Å². The Bertz CT molecular complexity index is 708. The Kier molecular flexibility index (Phi) is 5.78. The van der Waals surface area contributed by atoms with Crippen LogP contribution in [-0.4, -0.2) is 44.8 Å². The number of nitrogens with one attached hydrogen (secondary N) is 1. The molecule has 26 heavy (non-hydrogen) atoms. The highest BCUT2D eigenvalue weighted by Crippen LogP contribution is 2.22. The summed E-state index contributed by atoms with van der Waals surface area (Å²) in [6.07, 6.45) is 0.457. The zero-order valence-electron chi connectivity index (χ0n) is 15.7. The first-order chi connectivity index (χ1) is 12.5. The van der Waals surface area contributed by atoms with Gasteiger partial charge in [0.2, 0.25) is 5.91 Å². The fraction of sp³-hybridized carbons (Fsp3) is 0.381. The maximum absolute atomic E-state index is 12.3. The lowest BCUT2D eigenvalue weighted by atomic mass is 10.2. The molecular weight excluding hydrogens is 326 g/mol. The number of carbonyl (C=O) groups is 1. The molecule has 0 radical (unpaired) electrons. The van der Waals surface area contributed by atoms with Gasteiger partial charge >= 0.3 is 0 Å². The van der Waals surface area contributed by atoms with Gasteiger partial charge in [-0.2, -0.15) is 0 Å². The predicted molar refractivity (Wildman–Crippen MR) is 107 cm³/mol. The van der Waals surface area contributed by atoms with Crippen molar-refractivity contribution in [1.29, 1.82) is 0 Å². The zero-order chi connectivity index (χ0) is 18.5. The van der Waals surface area contributed by atoms with Gasteiger partial charge in [0, 0.05) is 37.2 Å². The van der Waals surface area contributed by atoms with Crippen molar-refractivity contribution >= 4 is 23.0 Å². The second kappa shape index (κ2) is 8.23. The summed E-state index contributed by atoms with van der Waals surface area (Å²) < 4.78 is 5.78. The van der Waals surface area contributed by atoms with E-state index in [1.807, 2.05) is 54.4 Å². The Morgan fingerprint density at radius 1 is 1.08 bits per heavy atom. The summed E-state index contributed by atoms with van der Waals surface area (Å²) in [4.78, 5) is 16.5. The van der Waals surface area contributed by atoms with Crippen molar-refractivity contribution in [1.82, 2.24) is 0 Å². The summed E-state index contributed by atoms with van der Waals surface area (Å²) in [7, 11) is 1.92. The second-order valence-electron chi connectivity index (χ2n) is 6.95. The van der Waals surface area contributed by atoms with Gasteiger partial charge in [0.15, 0.2) is 0 Å². The normalized spacial score (nSPS) is 19.9. The molecular formula is C21H27N3O2. The highest BCUT2D eigenvalue weighted by molar-refractivity contribution is 5.94. The van der Waals surface area contributed by atoms with E-state index >= 15 is 0 Å². The smallest absolute Gasteiger partial charge is 0.243 e. The summed E-state index contributed by atoms with van der Waals surface area (Å²) in [6, 6.07) is 17.9. The van der Waals surface area contributed by atoms with Crippen LogP contribution in [0.15, 0.2) is 54.6 Å². The van der Waals surface area contributed by atoms with Crippen LogP contribution in [0.5, 0.6) is 0 Å². The lowest BCUT2D eigenvalue weighted by Gasteiger charge is -2.36. The average molecular weight is 353 g/mol. The monoisotopic (exact) mass is 353 g/mol. The largest absolute Gasteiger partial charge is 0.372 e. The van der Waals surface area contributed by atoms with Crippen LogP contribution in [0.3, 0.4) is 0 Å². The number of hydrogen-bond donors (Lipinski definition) is 1. The van der Waals surface area contributed by atoms with E-state index < -0.39 is 0 Å². The van der Waals surface area contributed by atoms with Gasteiger partial charge in [0.1, 0.15) is 0 Å². The molecule has 138 valence electrons. The summed E-state index contributed by atoms with van der Waals surface area (Å²) in [6.45, 7) is 6.28. The minimum atomic E-state index is -0.0299. The van der Waals surface area contributed by atoms with Crippen LogP contribution in [0, 0.1) is 0 Å². The van der Waals surface area contributed by atoms with E-state index in [-0.39, 0.29) is 18.1 Å². The number of nitrogens with zero attached hydrogens (tertiary/aromatic N) is 2. The van der Waals surface area contributed by atoms with E-state index in [0.29, 0.717) is 6.54 Å². The number of amides is 1. The molecule has 1 aliphatic rings. The molecule has 2 atom stereocenters. The number of para-hydroxylation sites is 1. The number of rotatable bonds is 5. The van der Waals surface area contributed by atoms with Crippen LogP contribution in [0.1, 0.15) is 13.8 Å². The van der Waals surface area contributed by atoms with Gasteiger partial charge in [0.05, 0.1) is 18.8 Å². The number of likely N-dealkylation sites (N-methyl/N-ethyl adjacent to an activating group) is 1. The topological polar surface area (TPSA) is 44.8 Å². The summed E-state index contributed by atoms with van der Waals surface area (Å²) in [5.41, 5.74) is 2.99. The van der Waals surface area contributed by atoms with Crippen LogP contribution in [-0.2, 0) is 9.53 Å². The molecule has 1 aliphatic heterocycles. The number of benzene rings is 2. The molecule has 5 nitrogen and oxygen atoms in total. The standard InChI is InChI=1S/C21H27N3O2/c1-16-13-24(14-17(2)26-16)20-11-9-18(10-12-20)22-21(25)15-23(3)19-7-5-4-6-8-19/h4-12,16-17H,13-15H2,1-3H3,(H,22,25). The first kappa shape index (κ1) is 18.3. The summed E-state index contributed by atoms with van der Waals surface area (Å²) in [5, 5.41) is 2.97. The van der Waals surface area contributed by atoms with Crippen molar-refractivity contribution in [3.8, 4) is 0 Å². The third-order valence-electron chi connectivity index (χ3n) is 4.51. The fourth-order valence-corrected chi connectivity index (χ4v) is 3.33. The Balaban J connectivity index is 1.56. The molecule has 2 aromatic carbocycles. The Morgan fingerprint density at radius 2 is 1.69 bits per heavy atom. The molecule has 5 heteroatoms. The highest BCUT2D eigenvalue weighted by Gasteiger charge is 2.22. The van der Waals surface area contributed by atoms with E-state index in [1.54, 1.807) is 0 Å². The van der Waals surface area contributed by atoms with E-state index in [0.717, 1.165) is 30.2 Å². The van der Waals surface area contributed by atoms with Crippen molar-refractivity contribution in [2.75, 3.05) is 41.8 Å². The van der Waals surface area contributed by atoms with Gasteiger partial charge in [-0.15, -0.1) is 0 Å². The van der Waals surface area contributed by atoms with Crippen LogP contribution in [0.2, 0.25) is 0 Å².